The van der Waals surface area contributed by atoms with Crippen molar-refractivity contribution in [1.82, 2.24) is 18.9 Å². The van der Waals surface area contributed by atoms with E-state index in [1.807, 2.05) is 6.92 Å². The molecule has 2 bridgehead atoms. The van der Waals surface area contributed by atoms with Gasteiger partial charge in [-0.05, 0) is 81.9 Å². The molecular weight excluding hydrogens is 522 g/mol. The van der Waals surface area contributed by atoms with Crippen LogP contribution in [0.4, 0.5) is 8.78 Å². The average Bonchev–Trinajstić information content (AvgIpc) is 3.30. The maximum absolute atomic E-state index is 15.1. The van der Waals surface area contributed by atoms with E-state index in [4.69, 9.17) is 0 Å². The van der Waals surface area contributed by atoms with Crippen LogP contribution in [0.15, 0.2) is 53.8 Å². The molecule has 10 heteroatoms. The molecule has 3 aromatic heterocycles. The van der Waals surface area contributed by atoms with Gasteiger partial charge >= 0.3 is 0 Å². The number of halogens is 2. The van der Waals surface area contributed by atoms with Crippen molar-refractivity contribution in [1.29, 1.82) is 0 Å². The Hall–Kier alpha value is -3.53. The number of benzene rings is 1. The summed E-state index contributed by atoms with van der Waals surface area (Å²) in [4.78, 5) is 25.3. The highest BCUT2D eigenvalue weighted by atomic mass is 32.2. The lowest BCUT2D eigenvalue weighted by atomic mass is 9.56. The molecule has 2 atom stereocenters. The minimum atomic E-state index is -4.08. The zero-order chi connectivity index (χ0) is 27.5. The number of ketones is 1. The number of aryl methyl sites for hydroxylation is 1. The highest BCUT2D eigenvalue weighted by Crippen LogP contribution is 2.50. The van der Waals surface area contributed by atoms with Crippen molar-refractivity contribution in [3.05, 3.63) is 71.8 Å². The van der Waals surface area contributed by atoms with E-state index >= 15 is 4.39 Å². The highest BCUT2D eigenvalue weighted by molar-refractivity contribution is 7.90. The van der Waals surface area contributed by atoms with E-state index in [0.717, 1.165) is 47.6 Å². The van der Waals surface area contributed by atoms with Crippen LogP contribution in [0.2, 0.25) is 0 Å². The van der Waals surface area contributed by atoms with Crippen molar-refractivity contribution in [3.63, 3.8) is 0 Å². The summed E-state index contributed by atoms with van der Waals surface area (Å²) >= 11 is 0. The largest absolute Gasteiger partial charge is 0.300 e. The van der Waals surface area contributed by atoms with Crippen molar-refractivity contribution in [2.45, 2.75) is 50.8 Å². The summed E-state index contributed by atoms with van der Waals surface area (Å²) < 4.78 is 57.4. The molecule has 0 amide bonds. The number of carbonyl (C=O) groups is 1. The Morgan fingerprint density at radius 2 is 1.72 bits per heavy atom. The predicted octanol–water partition coefficient (Wildman–Crippen LogP) is 5.50. The molecule has 0 saturated heterocycles. The van der Waals surface area contributed by atoms with Crippen LogP contribution in [-0.2, 0) is 21.2 Å². The molecule has 0 aliphatic heterocycles. The van der Waals surface area contributed by atoms with Crippen LogP contribution in [0.3, 0.4) is 0 Å². The van der Waals surface area contributed by atoms with Gasteiger partial charge in [0.2, 0.25) is 0 Å². The second-order valence-electron chi connectivity index (χ2n) is 10.8. The Morgan fingerprint density at radius 3 is 2.41 bits per heavy atom. The highest BCUT2D eigenvalue weighted by Gasteiger charge is 2.45. The van der Waals surface area contributed by atoms with Gasteiger partial charge in [0.25, 0.3) is 10.0 Å². The molecule has 7 rings (SSSR count). The van der Waals surface area contributed by atoms with E-state index in [-0.39, 0.29) is 50.6 Å². The minimum absolute atomic E-state index is 0.00498. The number of rotatable bonds is 6. The van der Waals surface area contributed by atoms with Gasteiger partial charge in [0.1, 0.15) is 11.6 Å². The van der Waals surface area contributed by atoms with Gasteiger partial charge in [-0.3, -0.25) is 4.79 Å². The summed E-state index contributed by atoms with van der Waals surface area (Å²) in [6.45, 7) is 3.47. The number of carbonyl (C=O) groups excluding carboxylic acids is 1. The molecule has 3 heterocycles. The molecule has 0 unspecified atom stereocenters. The number of hydrogen-bond donors (Lipinski definition) is 0. The Balaban J connectivity index is 1.44. The smallest absolute Gasteiger partial charge is 0.269 e. The Kier molecular flexibility index (Phi) is 6.32. The van der Waals surface area contributed by atoms with Crippen LogP contribution in [0.25, 0.3) is 22.4 Å². The standard InChI is InChI=1S/C29H28F2N4O3S/c1-16-3-9-21(10-4-16)39(37,38)35-15-24(23-11-20(30)13-33-29(23)35)28-32-14-25(31)26(34-28)12-22-18-5-7-19(8-6-18)27(22)17(2)36/h3-4,9-11,13-15,18-19,22,27H,5-8,12H2,1-2H3/t18?,19?,22-,27-/m0/s1. The number of pyridine rings is 1. The molecule has 0 N–H and O–H groups in total. The lowest BCUT2D eigenvalue weighted by Crippen LogP contribution is -2.44. The first-order chi connectivity index (χ1) is 18.6. The monoisotopic (exact) mass is 550 g/mol. The summed E-state index contributed by atoms with van der Waals surface area (Å²) in [6.07, 6.45) is 7.70. The van der Waals surface area contributed by atoms with Crippen LogP contribution in [-0.4, -0.2) is 33.1 Å². The first kappa shape index (κ1) is 25.7. The average molecular weight is 551 g/mol. The molecule has 3 fully saturated rings. The fourth-order valence-corrected chi connectivity index (χ4v) is 7.96. The quantitative estimate of drug-likeness (QED) is 0.315. The Bertz CT molecular complexity index is 1690. The van der Waals surface area contributed by atoms with Gasteiger partial charge in [-0.15, -0.1) is 0 Å². The Labute approximate surface area is 225 Å². The van der Waals surface area contributed by atoms with E-state index in [1.165, 1.54) is 24.4 Å². The van der Waals surface area contributed by atoms with Gasteiger partial charge in [0.05, 0.1) is 23.0 Å². The van der Waals surface area contributed by atoms with Gasteiger partial charge in [-0.1, -0.05) is 17.7 Å². The molecule has 0 radical (unpaired) electrons. The number of nitrogens with zero attached hydrogens (tertiary/aromatic N) is 4. The van der Waals surface area contributed by atoms with Crippen LogP contribution in [0.1, 0.15) is 43.9 Å². The van der Waals surface area contributed by atoms with Gasteiger partial charge < -0.3 is 0 Å². The lowest BCUT2D eigenvalue weighted by molar-refractivity contribution is -0.130. The van der Waals surface area contributed by atoms with Crippen LogP contribution in [0.5, 0.6) is 0 Å². The zero-order valence-corrected chi connectivity index (χ0v) is 22.5. The molecule has 39 heavy (non-hydrogen) atoms. The number of aromatic nitrogens is 4. The summed E-state index contributed by atoms with van der Waals surface area (Å²) in [7, 11) is -4.08. The van der Waals surface area contributed by atoms with Crippen molar-refractivity contribution in [2.75, 3.05) is 0 Å². The topological polar surface area (TPSA) is 94.8 Å². The predicted molar refractivity (Wildman–Crippen MR) is 141 cm³/mol. The van der Waals surface area contributed by atoms with E-state index in [0.29, 0.717) is 18.3 Å². The van der Waals surface area contributed by atoms with Gasteiger partial charge in [-0.25, -0.2) is 36.1 Å². The van der Waals surface area contributed by atoms with Crippen LogP contribution < -0.4 is 0 Å². The summed E-state index contributed by atoms with van der Waals surface area (Å²) in [6, 6.07) is 7.55. The van der Waals surface area contributed by atoms with Crippen molar-refractivity contribution < 1.29 is 22.0 Å². The minimum Gasteiger partial charge on any atom is -0.300 e. The molecule has 7 nitrogen and oxygen atoms in total. The number of fused-ring (bicyclic) bond motifs is 4. The SMILES string of the molecule is CC(=O)[C@H]1C2CCC(CC2)[C@@H]1Cc1nc(-c2cn(S(=O)(=O)c3ccc(C)cc3)c3ncc(F)cc23)ncc1F. The molecular formula is C29H28F2N4O3S. The molecule has 4 aromatic rings. The van der Waals surface area contributed by atoms with E-state index in [1.54, 1.807) is 19.1 Å². The fourth-order valence-electron chi connectivity index (χ4n) is 6.64. The van der Waals surface area contributed by atoms with Crippen LogP contribution >= 0.6 is 0 Å². The normalized spacial score (nSPS) is 22.9. The van der Waals surface area contributed by atoms with Gasteiger partial charge in [-0.2, -0.15) is 0 Å². The molecule has 3 aliphatic carbocycles. The van der Waals surface area contributed by atoms with E-state index < -0.39 is 21.7 Å². The third-order valence-electron chi connectivity index (χ3n) is 8.50. The molecule has 3 saturated carbocycles. The third kappa shape index (κ3) is 4.44. The van der Waals surface area contributed by atoms with Crippen molar-refractivity contribution in [2.24, 2.45) is 23.7 Å². The molecule has 1 aromatic carbocycles. The van der Waals surface area contributed by atoms with Gasteiger partial charge in [0, 0.05) is 23.1 Å². The van der Waals surface area contributed by atoms with E-state index in [2.05, 4.69) is 15.0 Å². The lowest BCUT2D eigenvalue weighted by Gasteiger charge is -2.47. The second kappa shape index (κ2) is 9.59. The summed E-state index contributed by atoms with van der Waals surface area (Å²) in [5.41, 5.74) is 1.32. The van der Waals surface area contributed by atoms with Crippen molar-refractivity contribution >= 4 is 26.8 Å². The zero-order valence-electron chi connectivity index (χ0n) is 21.6. The molecule has 202 valence electrons. The number of Topliss-reactive ketones (excluding diaryl/α,β-unsaturated/α-hetero) is 1. The van der Waals surface area contributed by atoms with E-state index in [9.17, 15) is 17.6 Å². The summed E-state index contributed by atoms with van der Waals surface area (Å²) in [5.74, 6) is -0.494. The molecule has 0 spiro atoms. The third-order valence-corrected chi connectivity index (χ3v) is 10.2. The maximum atomic E-state index is 15.1. The number of hydrogen-bond acceptors (Lipinski definition) is 6. The van der Waals surface area contributed by atoms with Crippen LogP contribution in [0, 0.1) is 42.2 Å². The first-order valence-electron chi connectivity index (χ1n) is 13.1. The summed E-state index contributed by atoms with van der Waals surface area (Å²) in [5, 5.41) is 0.196. The molecule has 3 aliphatic rings. The van der Waals surface area contributed by atoms with Crippen molar-refractivity contribution in [3.8, 4) is 11.4 Å². The second-order valence-corrected chi connectivity index (χ2v) is 12.7. The first-order valence-corrected chi connectivity index (χ1v) is 14.6. The maximum Gasteiger partial charge on any atom is 0.269 e. The Morgan fingerprint density at radius 1 is 1.03 bits per heavy atom. The fraction of sp³-hybridized carbons (Fsp3) is 0.379. The van der Waals surface area contributed by atoms with Gasteiger partial charge in [0.15, 0.2) is 17.3 Å².